The summed E-state index contributed by atoms with van der Waals surface area (Å²) in [5.41, 5.74) is 1.17. The molecule has 1 N–H and O–H groups in total. The molecule has 148 valence electrons. The van der Waals surface area contributed by atoms with Crippen LogP contribution in [0.2, 0.25) is 0 Å². The van der Waals surface area contributed by atoms with Crippen LogP contribution in [0.4, 0.5) is 0 Å². The van der Waals surface area contributed by atoms with Crippen molar-refractivity contribution in [2.75, 3.05) is 13.1 Å². The highest BCUT2D eigenvalue weighted by Crippen LogP contribution is 2.36. The Labute approximate surface area is 168 Å². The van der Waals surface area contributed by atoms with Crippen molar-refractivity contribution in [3.63, 3.8) is 0 Å². The average molecular weight is 391 g/mol. The van der Waals surface area contributed by atoms with E-state index in [0.717, 1.165) is 11.1 Å². The molecule has 1 aromatic heterocycles. The van der Waals surface area contributed by atoms with E-state index < -0.39 is 11.4 Å². The Morgan fingerprint density at radius 1 is 1.03 bits per heavy atom. The zero-order valence-corrected chi connectivity index (χ0v) is 16.0. The van der Waals surface area contributed by atoms with Gasteiger partial charge >= 0.3 is 5.97 Å². The molecule has 2 heterocycles. The van der Waals surface area contributed by atoms with Crippen LogP contribution in [0.3, 0.4) is 0 Å². The molecule has 0 aliphatic carbocycles. The minimum atomic E-state index is -0.946. The van der Waals surface area contributed by atoms with Gasteiger partial charge in [0, 0.05) is 31.1 Å². The van der Waals surface area contributed by atoms with E-state index in [9.17, 15) is 14.7 Å². The number of aliphatic carboxylic acids is 1. The Kier molecular flexibility index (Phi) is 4.88. The Morgan fingerprint density at radius 3 is 2.24 bits per heavy atom. The maximum atomic E-state index is 12.9. The van der Waals surface area contributed by atoms with Crippen molar-refractivity contribution in [3.8, 4) is 11.4 Å². The predicted octanol–water partition coefficient (Wildman–Crippen LogP) is 3.30. The molecule has 1 aliphatic rings. The van der Waals surface area contributed by atoms with Crippen LogP contribution in [-0.4, -0.2) is 45.1 Å². The van der Waals surface area contributed by atoms with Gasteiger partial charge in [0.25, 0.3) is 5.91 Å². The Hall–Kier alpha value is -3.48. The standard InChI is InChI=1S/C22H21N3O4/c1-15-23-19(24-29-15)16-7-9-17(10-8-16)20(26)25-13-11-22(12-14-25,21(27)28)18-5-3-2-4-6-18/h2-10H,11-14H2,1H3,(H,27,28). The summed E-state index contributed by atoms with van der Waals surface area (Å²) in [6, 6.07) is 16.3. The van der Waals surface area contributed by atoms with Gasteiger partial charge in [-0.1, -0.05) is 47.6 Å². The van der Waals surface area contributed by atoms with Gasteiger partial charge in [-0.05, 0) is 30.5 Å². The quantitative estimate of drug-likeness (QED) is 0.733. The lowest BCUT2D eigenvalue weighted by molar-refractivity contribution is -0.145. The number of likely N-dealkylation sites (tertiary alicyclic amines) is 1. The van der Waals surface area contributed by atoms with Crippen molar-refractivity contribution < 1.29 is 19.2 Å². The van der Waals surface area contributed by atoms with E-state index >= 15 is 0 Å². The number of rotatable bonds is 4. The first-order valence-electron chi connectivity index (χ1n) is 9.48. The molecule has 4 rings (SSSR count). The Balaban J connectivity index is 1.48. The summed E-state index contributed by atoms with van der Waals surface area (Å²) in [5.74, 6) is 0.0193. The highest BCUT2D eigenvalue weighted by atomic mass is 16.5. The number of hydrogen-bond donors (Lipinski definition) is 1. The van der Waals surface area contributed by atoms with Crippen molar-refractivity contribution >= 4 is 11.9 Å². The fraction of sp³-hybridized carbons (Fsp3) is 0.273. The van der Waals surface area contributed by atoms with Crippen molar-refractivity contribution in [2.24, 2.45) is 0 Å². The fourth-order valence-corrected chi connectivity index (χ4v) is 3.84. The summed E-state index contributed by atoms with van der Waals surface area (Å²) in [6.45, 7) is 2.51. The van der Waals surface area contributed by atoms with Crippen molar-refractivity contribution in [3.05, 3.63) is 71.6 Å². The third kappa shape index (κ3) is 3.51. The van der Waals surface area contributed by atoms with Gasteiger partial charge in [0.2, 0.25) is 11.7 Å². The van der Waals surface area contributed by atoms with Gasteiger partial charge in [-0.3, -0.25) is 9.59 Å². The summed E-state index contributed by atoms with van der Waals surface area (Å²) in [5, 5.41) is 13.8. The molecule has 0 bridgehead atoms. The first-order valence-corrected chi connectivity index (χ1v) is 9.48. The number of carbonyl (C=O) groups is 2. The van der Waals surface area contributed by atoms with Crippen LogP contribution < -0.4 is 0 Å². The molecule has 0 spiro atoms. The molecular formula is C22H21N3O4. The largest absolute Gasteiger partial charge is 0.481 e. The molecule has 2 aromatic carbocycles. The first-order chi connectivity index (χ1) is 14.0. The number of amides is 1. The summed E-state index contributed by atoms with van der Waals surface area (Å²) >= 11 is 0. The molecule has 0 radical (unpaired) electrons. The highest BCUT2D eigenvalue weighted by Gasteiger charge is 2.43. The molecule has 1 fully saturated rings. The minimum absolute atomic E-state index is 0.104. The molecule has 0 atom stereocenters. The number of carbonyl (C=O) groups excluding carboxylic acids is 1. The SMILES string of the molecule is Cc1nc(-c2ccc(C(=O)N3CCC(C(=O)O)(c4ccccc4)CC3)cc2)no1. The van der Waals surface area contributed by atoms with Crippen LogP contribution >= 0.6 is 0 Å². The van der Waals surface area contributed by atoms with Crippen LogP contribution in [0, 0.1) is 6.92 Å². The molecule has 0 saturated carbocycles. The summed E-state index contributed by atoms with van der Waals surface area (Å²) in [7, 11) is 0. The second-order valence-electron chi connectivity index (χ2n) is 7.26. The second-order valence-corrected chi connectivity index (χ2v) is 7.26. The monoisotopic (exact) mass is 391 g/mol. The Morgan fingerprint density at radius 2 is 1.69 bits per heavy atom. The van der Waals surface area contributed by atoms with Gasteiger partial charge < -0.3 is 14.5 Å². The van der Waals surface area contributed by atoms with Crippen LogP contribution in [0.15, 0.2) is 59.1 Å². The van der Waals surface area contributed by atoms with Gasteiger partial charge in [0.15, 0.2) is 0 Å². The van der Waals surface area contributed by atoms with Crippen LogP contribution in [-0.2, 0) is 10.2 Å². The van der Waals surface area contributed by atoms with E-state index in [2.05, 4.69) is 10.1 Å². The van der Waals surface area contributed by atoms with E-state index in [1.807, 2.05) is 30.3 Å². The molecule has 0 unspecified atom stereocenters. The van der Waals surface area contributed by atoms with Gasteiger partial charge in [0.1, 0.15) is 0 Å². The topological polar surface area (TPSA) is 96.5 Å². The number of aryl methyl sites for hydroxylation is 1. The van der Waals surface area contributed by atoms with Crippen LogP contribution in [0.1, 0.15) is 34.7 Å². The maximum absolute atomic E-state index is 12.9. The molecule has 1 saturated heterocycles. The van der Waals surface area contributed by atoms with E-state index in [-0.39, 0.29) is 5.91 Å². The molecular weight excluding hydrogens is 370 g/mol. The lowest BCUT2D eigenvalue weighted by Crippen LogP contribution is -2.49. The molecule has 7 nitrogen and oxygen atoms in total. The van der Waals surface area contributed by atoms with Crippen molar-refractivity contribution in [1.82, 2.24) is 15.0 Å². The highest BCUT2D eigenvalue weighted by molar-refractivity contribution is 5.95. The normalized spacial score (nSPS) is 15.8. The Bertz CT molecular complexity index is 1020. The number of nitrogens with zero attached hydrogens (tertiary/aromatic N) is 3. The summed E-state index contributed by atoms with van der Waals surface area (Å²) in [6.07, 6.45) is 0.774. The molecule has 29 heavy (non-hydrogen) atoms. The molecule has 1 amide bonds. The fourth-order valence-electron chi connectivity index (χ4n) is 3.84. The predicted molar refractivity (Wildman–Crippen MR) is 105 cm³/mol. The number of carboxylic acids is 1. The maximum Gasteiger partial charge on any atom is 0.314 e. The van der Waals surface area contributed by atoms with E-state index in [1.54, 1.807) is 36.1 Å². The number of carboxylic acid groups (broad SMARTS) is 1. The van der Waals surface area contributed by atoms with Crippen LogP contribution in [0.25, 0.3) is 11.4 Å². The average Bonchev–Trinajstić information content (AvgIpc) is 3.20. The summed E-state index contributed by atoms with van der Waals surface area (Å²) in [4.78, 5) is 30.9. The van der Waals surface area contributed by atoms with Crippen molar-refractivity contribution in [2.45, 2.75) is 25.2 Å². The molecule has 1 aliphatic heterocycles. The first kappa shape index (κ1) is 18.9. The smallest absolute Gasteiger partial charge is 0.314 e. The van der Waals surface area contributed by atoms with Crippen LogP contribution in [0.5, 0.6) is 0 Å². The molecule has 3 aromatic rings. The zero-order valence-electron chi connectivity index (χ0n) is 16.0. The molecule has 7 heteroatoms. The van der Waals surface area contributed by atoms with Gasteiger partial charge in [0.05, 0.1) is 5.41 Å². The third-order valence-electron chi connectivity index (χ3n) is 5.56. The summed E-state index contributed by atoms with van der Waals surface area (Å²) < 4.78 is 4.98. The lowest BCUT2D eigenvalue weighted by atomic mass is 9.73. The van der Waals surface area contributed by atoms with Gasteiger partial charge in [-0.15, -0.1) is 0 Å². The van der Waals surface area contributed by atoms with E-state index in [0.29, 0.717) is 43.2 Å². The third-order valence-corrected chi connectivity index (χ3v) is 5.56. The lowest BCUT2D eigenvalue weighted by Gasteiger charge is -2.39. The number of hydrogen-bond acceptors (Lipinski definition) is 5. The number of piperidine rings is 1. The van der Waals surface area contributed by atoms with Gasteiger partial charge in [-0.2, -0.15) is 4.98 Å². The second kappa shape index (κ2) is 7.50. The zero-order chi connectivity index (χ0) is 20.4. The minimum Gasteiger partial charge on any atom is -0.481 e. The number of benzene rings is 2. The van der Waals surface area contributed by atoms with E-state index in [4.69, 9.17) is 4.52 Å². The van der Waals surface area contributed by atoms with E-state index in [1.165, 1.54) is 0 Å². The number of aromatic nitrogens is 2. The van der Waals surface area contributed by atoms with Crippen molar-refractivity contribution in [1.29, 1.82) is 0 Å². The van der Waals surface area contributed by atoms with Gasteiger partial charge in [-0.25, -0.2) is 0 Å².